The topological polar surface area (TPSA) is 58.6 Å². The molecule has 0 heterocycles. The summed E-state index contributed by atoms with van der Waals surface area (Å²) in [6.07, 6.45) is 5.34. The molecular weight excluding hydrogens is 278 g/mol. The monoisotopic (exact) mass is 305 g/mol. The van der Waals surface area contributed by atoms with E-state index in [1.807, 2.05) is 31.2 Å². The SMILES string of the molecule is CCC(CCO)NC(=O)C1(c2cccc(OC)c2)CCCC1. The summed E-state index contributed by atoms with van der Waals surface area (Å²) in [6.45, 7) is 2.14. The molecule has 2 rings (SSSR count). The summed E-state index contributed by atoms with van der Waals surface area (Å²) in [5.41, 5.74) is 0.595. The highest BCUT2D eigenvalue weighted by molar-refractivity contribution is 5.89. The molecule has 1 aromatic rings. The van der Waals surface area contributed by atoms with Gasteiger partial charge in [0.05, 0.1) is 12.5 Å². The number of methoxy groups -OCH3 is 1. The zero-order valence-electron chi connectivity index (χ0n) is 13.6. The Kier molecular flexibility index (Phi) is 5.83. The Morgan fingerprint density at radius 1 is 1.41 bits per heavy atom. The van der Waals surface area contributed by atoms with Gasteiger partial charge >= 0.3 is 0 Å². The van der Waals surface area contributed by atoms with Crippen molar-refractivity contribution in [3.63, 3.8) is 0 Å². The lowest BCUT2D eigenvalue weighted by Crippen LogP contribution is -2.47. The Hall–Kier alpha value is -1.55. The fourth-order valence-electron chi connectivity index (χ4n) is 3.40. The Morgan fingerprint density at radius 2 is 2.14 bits per heavy atom. The summed E-state index contributed by atoms with van der Waals surface area (Å²) in [5.74, 6) is 0.887. The lowest BCUT2D eigenvalue weighted by Gasteiger charge is -2.31. The molecule has 0 spiro atoms. The molecule has 1 aliphatic rings. The van der Waals surface area contributed by atoms with Crippen molar-refractivity contribution in [2.45, 2.75) is 56.9 Å². The third kappa shape index (κ3) is 3.43. The molecule has 4 nitrogen and oxygen atoms in total. The molecule has 1 aromatic carbocycles. The lowest BCUT2D eigenvalue weighted by atomic mass is 9.77. The van der Waals surface area contributed by atoms with Crippen molar-refractivity contribution in [3.05, 3.63) is 29.8 Å². The molecule has 122 valence electrons. The zero-order chi connectivity index (χ0) is 16.0. The maximum atomic E-state index is 13.0. The highest BCUT2D eigenvalue weighted by Gasteiger charge is 2.43. The first-order chi connectivity index (χ1) is 10.7. The third-order valence-electron chi connectivity index (χ3n) is 4.82. The number of ether oxygens (including phenoxy) is 1. The minimum absolute atomic E-state index is 0.0422. The molecule has 0 aromatic heterocycles. The van der Waals surface area contributed by atoms with Crippen LogP contribution in [0.5, 0.6) is 5.75 Å². The molecule has 0 aliphatic heterocycles. The number of carbonyl (C=O) groups is 1. The first-order valence-corrected chi connectivity index (χ1v) is 8.22. The van der Waals surface area contributed by atoms with Gasteiger partial charge in [0.25, 0.3) is 0 Å². The number of hydrogen-bond acceptors (Lipinski definition) is 3. The van der Waals surface area contributed by atoms with Crippen molar-refractivity contribution >= 4 is 5.91 Å². The van der Waals surface area contributed by atoms with Crippen molar-refractivity contribution in [2.24, 2.45) is 0 Å². The Bertz CT molecular complexity index is 495. The highest BCUT2D eigenvalue weighted by Crippen LogP contribution is 2.42. The second-order valence-corrected chi connectivity index (χ2v) is 6.11. The van der Waals surface area contributed by atoms with Gasteiger partial charge in [-0.15, -0.1) is 0 Å². The maximum absolute atomic E-state index is 13.0. The van der Waals surface area contributed by atoms with Gasteiger partial charge in [0.2, 0.25) is 5.91 Å². The van der Waals surface area contributed by atoms with Crippen molar-refractivity contribution in [3.8, 4) is 5.75 Å². The van der Waals surface area contributed by atoms with Gasteiger partial charge in [-0.3, -0.25) is 4.79 Å². The number of aliphatic hydroxyl groups excluding tert-OH is 1. The molecule has 0 radical (unpaired) electrons. The summed E-state index contributed by atoms with van der Waals surface area (Å²) in [7, 11) is 1.65. The van der Waals surface area contributed by atoms with Crippen LogP contribution in [0.1, 0.15) is 51.0 Å². The summed E-state index contributed by atoms with van der Waals surface area (Å²) < 4.78 is 5.32. The number of amides is 1. The number of benzene rings is 1. The van der Waals surface area contributed by atoms with Crippen LogP contribution in [0.25, 0.3) is 0 Å². The molecular formula is C18H27NO3. The van der Waals surface area contributed by atoms with E-state index in [0.717, 1.165) is 43.4 Å². The predicted molar refractivity (Wildman–Crippen MR) is 87.1 cm³/mol. The van der Waals surface area contributed by atoms with Crippen molar-refractivity contribution in [2.75, 3.05) is 13.7 Å². The zero-order valence-corrected chi connectivity index (χ0v) is 13.6. The molecule has 1 aliphatic carbocycles. The highest BCUT2D eigenvalue weighted by atomic mass is 16.5. The number of aliphatic hydroxyl groups is 1. The number of carbonyl (C=O) groups excluding carboxylic acids is 1. The molecule has 4 heteroatoms. The molecule has 0 bridgehead atoms. The van der Waals surface area contributed by atoms with E-state index in [2.05, 4.69) is 5.32 Å². The van der Waals surface area contributed by atoms with Crippen molar-refractivity contribution < 1.29 is 14.6 Å². The number of hydrogen-bond donors (Lipinski definition) is 2. The second kappa shape index (κ2) is 7.63. The van der Waals surface area contributed by atoms with E-state index in [9.17, 15) is 4.79 Å². The lowest BCUT2D eigenvalue weighted by molar-refractivity contribution is -0.127. The Balaban J connectivity index is 2.25. The summed E-state index contributed by atoms with van der Waals surface area (Å²) in [4.78, 5) is 13.0. The van der Waals surface area contributed by atoms with E-state index < -0.39 is 5.41 Å². The van der Waals surface area contributed by atoms with Crippen molar-refractivity contribution in [1.82, 2.24) is 5.32 Å². The van der Waals surface area contributed by atoms with Crippen molar-refractivity contribution in [1.29, 1.82) is 0 Å². The molecule has 1 unspecified atom stereocenters. The van der Waals surface area contributed by atoms with Gasteiger partial charge < -0.3 is 15.2 Å². The largest absolute Gasteiger partial charge is 0.497 e. The van der Waals surface area contributed by atoms with E-state index in [1.165, 1.54) is 0 Å². The van der Waals surface area contributed by atoms with Crippen LogP contribution >= 0.6 is 0 Å². The van der Waals surface area contributed by atoms with Crippen LogP contribution in [0.3, 0.4) is 0 Å². The van der Waals surface area contributed by atoms with Crippen LogP contribution in [-0.4, -0.2) is 30.8 Å². The third-order valence-corrected chi connectivity index (χ3v) is 4.82. The van der Waals surface area contributed by atoms with E-state index in [1.54, 1.807) is 7.11 Å². The van der Waals surface area contributed by atoms with Gasteiger partial charge in [-0.2, -0.15) is 0 Å². The summed E-state index contributed by atoms with van der Waals surface area (Å²) in [6, 6.07) is 7.91. The molecule has 1 atom stereocenters. The van der Waals surface area contributed by atoms with Gasteiger partial charge in [-0.05, 0) is 43.4 Å². The average Bonchev–Trinajstić information content (AvgIpc) is 3.05. The van der Waals surface area contributed by atoms with Crippen LogP contribution in [0.15, 0.2) is 24.3 Å². The van der Waals surface area contributed by atoms with E-state index in [4.69, 9.17) is 9.84 Å². The Labute approximate surface area is 132 Å². The first kappa shape index (κ1) is 16.8. The van der Waals surface area contributed by atoms with E-state index in [-0.39, 0.29) is 18.6 Å². The fraction of sp³-hybridized carbons (Fsp3) is 0.611. The molecule has 1 amide bonds. The Morgan fingerprint density at radius 3 is 2.73 bits per heavy atom. The molecule has 1 fully saturated rings. The standard InChI is InChI=1S/C18H27NO3/c1-3-15(9-12-20)19-17(21)18(10-4-5-11-18)14-7-6-8-16(13-14)22-2/h6-8,13,15,20H,3-5,9-12H2,1-2H3,(H,19,21). The quantitative estimate of drug-likeness (QED) is 0.814. The van der Waals surface area contributed by atoms with Crippen LogP contribution in [0.2, 0.25) is 0 Å². The van der Waals surface area contributed by atoms with Gasteiger partial charge in [0.1, 0.15) is 5.75 Å². The minimum Gasteiger partial charge on any atom is -0.497 e. The van der Waals surface area contributed by atoms with Crippen LogP contribution in [-0.2, 0) is 10.2 Å². The number of nitrogens with one attached hydrogen (secondary N) is 1. The minimum atomic E-state index is -0.447. The van der Waals surface area contributed by atoms with Crippen LogP contribution in [0.4, 0.5) is 0 Å². The smallest absolute Gasteiger partial charge is 0.230 e. The van der Waals surface area contributed by atoms with Gasteiger partial charge in [-0.25, -0.2) is 0 Å². The molecule has 22 heavy (non-hydrogen) atoms. The predicted octanol–water partition coefficient (Wildman–Crippen LogP) is 2.78. The van der Waals surface area contributed by atoms with Crippen LogP contribution < -0.4 is 10.1 Å². The van der Waals surface area contributed by atoms with Crippen LogP contribution in [0, 0.1) is 0 Å². The van der Waals surface area contributed by atoms with Gasteiger partial charge in [-0.1, -0.05) is 31.9 Å². The summed E-state index contributed by atoms with van der Waals surface area (Å²) >= 11 is 0. The van der Waals surface area contributed by atoms with E-state index >= 15 is 0 Å². The average molecular weight is 305 g/mol. The number of rotatable bonds is 7. The van der Waals surface area contributed by atoms with Gasteiger partial charge in [0.15, 0.2) is 0 Å². The van der Waals surface area contributed by atoms with E-state index in [0.29, 0.717) is 6.42 Å². The second-order valence-electron chi connectivity index (χ2n) is 6.11. The maximum Gasteiger partial charge on any atom is 0.230 e. The molecule has 1 saturated carbocycles. The first-order valence-electron chi connectivity index (χ1n) is 8.22. The van der Waals surface area contributed by atoms with Gasteiger partial charge in [0, 0.05) is 12.6 Å². The molecule has 0 saturated heterocycles. The fourth-order valence-corrected chi connectivity index (χ4v) is 3.40. The molecule has 2 N–H and O–H groups in total. The normalized spacial score (nSPS) is 18.0. The summed E-state index contributed by atoms with van der Waals surface area (Å²) in [5, 5.41) is 12.3.